The van der Waals surface area contributed by atoms with Gasteiger partial charge < -0.3 is 0 Å². The maximum atomic E-state index is 12.2. The second-order valence-corrected chi connectivity index (χ2v) is 6.77. The lowest BCUT2D eigenvalue weighted by Crippen LogP contribution is -2.41. The van der Waals surface area contributed by atoms with E-state index in [1.54, 1.807) is 38.1 Å². The molecule has 2 rings (SSSR count). The number of rotatable bonds is 2. The second kappa shape index (κ2) is 4.14. The third-order valence-corrected chi connectivity index (χ3v) is 5.10. The Hall–Kier alpha value is -1.36. The molecule has 1 heterocycles. The fourth-order valence-electron chi connectivity index (χ4n) is 1.90. The van der Waals surface area contributed by atoms with Gasteiger partial charge in [-0.2, -0.15) is 0 Å². The molecule has 0 N–H and O–H groups in total. The first-order valence-corrected chi connectivity index (χ1v) is 7.08. The molecule has 0 amide bonds. The smallest absolute Gasteiger partial charge is 0.237 e. The van der Waals surface area contributed by atoms with Crippen LogP contribution in [0, 0.1) is 0 Å². The Morgan fingerprint density at radius 3 is 2.53 bits per heavy atom. The van der Waals surface area contributed by atoms with Crippen molar-refractivity contribution < 1.29 is 13.2 Å². The van der Waals surface area contributed by atoms with Crippen molar-refractivity contribution in [3.05, 3.63) is 29.8 Å². The summed E-state index contributed by atoms with van der Waals surface area (Å²) in [7, 11) is -3.36. The van der Waals surface area contributed by atoms with Crippen molar-refractivity contribution in [3.8, 4) is 0 Å². The van der Waals surface area contributed by atoms with Crippen LogP contribution >= 0.6 is 0 Å². The molecule has 0 spiro atoms. The van der Waals surface area contributed by atoms with Gasteiger partial charge >= 0.3 is 0 Å². The summed E-state index contributed by atoms with van der Waals surface area (Å²) in [4.78, 5) is 11.7. The average molecular weight is 253 g/mol. The van der Waals surface area contributed by atoms with Gasteiger partial charge in [0, 0.05) is 18.5 Å². The van der Waals surface area contributed by atoms with Crippen molar-refractivity contribution in [2.45, 2.75) is 25.5 Å². The van der Waals surface area contributed by atoms with Gasteiger partial charge in [-0.25, -0.2) is 8.42 Å². The molecule has 0 fully saturated rings. The number of hydrogen-bond acceptors (Lipinski definition) is 3. The zero-order chi connectivity index (χ0) is 12.6. The minimum absolute atomic E-state index is 0.0100. The first kappa shape index (κ1) is 12.1. The van der Waals surface area contributed by atoms with E-state index in [2.05, 4.69) is 0 Å². The third-order valence-electron chi connectivity index (χ3n) is 2.92. The van der Waals surface area contributed by atoms with Gasteiger partial charge in [-0.15, -0.1) is 0 Å². The predicted molar refractivity (Wildman–Crippen MR) is 66.8 cm³/mol. The van der Waals surface area contributed by atoms with Crippen molar-refractivity contribution in [3.63, 3.8) is 0 Å². The lowest BCUT2D eigenvalue weighted by atomic mass is 10.0. The van der Waals surface area contributed by atoms with Crippen molar-refractivity contribution in [1.29, 1.82) is 0 Å². The molecule has 1 aromatic carbocycles. The number of sulfonamides is 1. The molecular formula is C12H15NO3S. The molecule has 0 saturated carbocycles. The van der Waals surface area contributed by atoms with Crippen molar-refractivity contribution in [2.75, 3.05) is 10.8 Å². The number of carbonyl (C=O) groups excluding carboxylic acids is 1. The van der Waals surface area contributed by atoms with Crippen molar-refractivity contribution in [2.24, 2.45) is 0 Å². The molecule has 0 atom stereocenters. The Labute approximate surface area is 101 Å². The molecule has 0 radical (unpaired) electrons. The fraction of sp³-hybridized carbons (Fsp3) is 0.417. The number of anilines is 1. The number of hydrogen-bond donors (Lipinski definition) is 0. The molecule has 1 aliphatic rings. The molecule has 0 saturated heterocycles. The minimum Gasteiger partial charge on any atom is -0.294 e. The summed E-state index contributed by atoms with van der Waals surface area (Å²) < 4.78 is 25.7. The van der Waals surface area contributed by atoms with Crippen LogP contribution in [-0.4, -0.2) is 26.0 Å². The van der Waals surface area contributed by atoms with Crippen LogP contribution in [0.1, 0.15) is 30.6 Å². The van der Waals surface area contributed by atoms with E-state index in [0.717, 1.165) is 0 Å². The van der Waals surface area contributed by atoms with Crippen molar-refractivity contribution >= 4 is 21.5 Å². The number of fused-ring (bicyclic) bond motifs is 1. The Morgan fingerprint density at radius 1 is 1.24 bits per heavy atom. The molecule has 0 aromatic heterocycles. The molecular weight excluding hydrogens is 238 g/mol. The number of Topliss-reactive ketones (excluding diaryl/α,β-unsaturated/α-hetero) is 1. The van der Waals surface area contributed by atoms with Crippen LogP contribution in [0.25, 0.3) is 0 Å². The second-order valence-electron chi connectivity index (χ2n) is 4.36. The van der Waals surface area contributed by atoms with Crippen LogP contribution in [0.5, 0.6) is 0 Å². The lowest BCUT2D eigenvalue weighted by molar-refractivity contribution is 0.0982. The Bertz CT molecular complexity index is 549. The first-order chi connectivity index (χ1) is 7.94. The summed E-state index contributed by atoms with van der Waals surface area (Å²) in [6.45, 7) is 3.54. The van der Waals surface area contributed by atoms with Gasteiger partial charge in [-0.3, -0.25) is 9.10 Å². The number of nitrogens with zero attached hydrogens (tertiary/aromatic N) is 1. The predicted octanol–water partition coefficient (Wildman–Crippen LogP) is 1.82. The molecule has 92 valence electrons. The zero-order valence-electron chi connectivity index (χ0n) is 9.88. The lowest BCUT2D eigenvalue weighted by Gasteiger charge is -2.31. The van der Waals surface area contributed by atoms with E-state index in [0.29, 0.717) is 11.3 Å². The first-order valence-electron chi connectivity index (χ1n) is 5.58. The molecule has 4 nitrogen and oxygen atoms in total. The van der Waals surface area contributed by atoms with Crippen LogP contribution in [0.3, 0.4) is 0 Å². The Morgan fingerprint density at radius 2 is 1.88 bits per heavy atom. The van der Waals surface area contributed by atoms with E-state index < -0.39 is 15.3 Å². The topological polar surface area (TPSA) is 54.5 Å². The Balaban J connectivity index is 2.55. The minimum atomic E-state index is -3.36. The van der Waals surface area contributed by atoms with Gasteiger partial charge in [0.05, 0.1) is 10.9 Å². The molecule has 1 aliphatic heterocycles. The maximum absolute atomic E-state index is 12.2. The summed E-state index contributed by atoms with van der Waals surface area (Å²) in [6.07, 6.45) is 0.253. The summed E-state index contributed by atoms with van der Waals surface area (Å²) in [6, 6.07) is 6.87. The molecule has 0 bridgehead atoms. The van der Waals surface area contributed by atoms with Gasteiger partial charge in [-0.1, -0.05) is 12.1 Å². The van der Waals surface area contributed by atoms with Crippen LogP contribution in [-0.2, 0) is 10.0 Å². The number of benzene rings is 1. The zero-order valence-corrected chi connectivity index (χ0v) is 10.7. The van der Waals surface area contributed by atoms with Gasteiger partial charge in [0.15, 0.2) is 5.78 Å². The molecule has 1 aromatic rings. The van der Waals surface area contributed by atoms with Crippen LogP contribution in [0.4, 0.5) is 5.69 Å². The number of ketones is 1. The van der Waals surface area contributed by atoms with E-state index >= 15 is 0 Å². The number of para-hydroxylation sites is 1. The van der Waals surface area contributed by atoms with Crippen LogP contribution in [0.15, 0.2) is 24.3 Å². The summed E-state index contributed by atoms with van der Waals surface area (Å²) in [5.41, 5.74) is 1.01. The summed E-state index contributed by atoms with van der Waals surface area (Å²) >= 11 is 0. The maximum Gasteiger partial charge on any atom is 0.237 e. The van der Waals surface area contributed by atoms with Gasteiger partial charge in [0.25, 0.3) is 0 Å². The monoisotopic (exact) mass is 253 g/mol. The SMILES string of the molecule is CC(C)S(=O)(=O)N1CCC(=O)c2ccccc21. The molecule has 17 heavy (non-hydrogen) atoms. The van der Waals surface area contributed by atoms with E-state index in [9.17, 15) is 13.2 Å². The van der Waals surface area contributed by atoms with Gasteiger partial charge in [0.2, 0.25) is 10.0 Å². The highest BCUT2D eigenvalue weighted by atomic mass is 32.2. The summed E-state index contributed by atoms with van der Waals surface area (Å²) in [5, 5.41) is -0.483. The highest BCUT2D eigenvalue weighted by Gasteiger charge is 2.32. The standard InChI is InChI=1S/C12H15NO3S/c1-9(2)17(15,16)13-8-7-12(14)10-5-3-4-6-11(10)13/h3-6,9H,7-8H2,1-2H3. The average Bonchev–Trinajstić information content (AvgIpc) is 2.29. The van der Waals surface area contributed by atoms with E-state index in [-0.39, 0.29) is 18.7 Å². The fourth-order valence-corrected chi connectivity index (χ4v) is 3.19. The molecule has 0 unspecified atom stereocenters. The third kappa shape index (κ3) is 1.95. The van der Waals surface area contributed by atoms with E-state index in [1.165, 1.54) is 4.31 Å². The summed E-state index contributed by atoms with van der Waals surface area (Å²) in [5.74, 6) is 0.0100. The number of carbonyl (C=O) groups is 1. The van der Waals surface area contributed by atoms with Gasteiger partial charge in [-0.05, 0) is 26.0 Å². The highest BCUT2D eigenvalue weighted by molar-refractivity contribution is 7.93. The van der Waals surface area contributed by atoms with Crippen LogP contribution in [0.2, 0.25) is 0 Å². The Kier molecular flexibility index (Phi) is 2.95. The normalized spacial score (nSPS) is 16.2. The molecule has 5 heteroatoms. The van der Waals surface area contributed by atoms with Gasteiger partial charge in [0.1, 0.15) is 0 Å². The quantitative estimate of drug-likeness (QED) is 0.807. The van der Waals surface area contributed by atoms with Crippen molar-refractivity contribution in [1.82, 2.24) is 0 Å². The molecule has 0 aliphatic carbocycles. The highest BCUT2D eigenvalue weighted by Crippen LogP contribution is 2.30. The van der Waals surface area contributed by atoms with Crippen LogP contribution < -0.4 is 4.31 Å². The largest absolute Gasteiger partial charge is 0.294 e. The van der Waals surface area contributed by atoms with E-state index in [1.807, 2.05) is 0 Å². The van der Waals surface area contributed by atoms with E-state index in [4.69, 9.17) is 0 Å².